The van der Waals surface area contributed by atoms with Crippen molar-refractivity contribution in [1.82, 2.24) is 14.6 Å². The number of hydrogen-bond acceptors (Lipinski definition) is 5. The Morgan fingerprint density at radius 1 is 1.10 bits per heavy atom. The van der Waals surface area contributed by atoms with Crippen LogP contribution in [0.15, 0.2) is 54.7 Å². The van der Waals surface area contributed by atoms with Gasteiger partial charge in [0.05, 0.1) is 12.3 Å². The largest absolute Gasteiger partial charge is 0.462 e. The van der Waals surface area contributed by atoms with Crippen LogP contribution in [0.2, 0.25) is 10.0 Å². The van der Waals surface area contributed by atoms with Crippen LogP contribution in [0.5, 0.6) is 0 Å². The minimum absolute atomic E-state index is 0.0440. The van der Waals surface area contributed by atoms with Gasteiger partial charge in [-0.3, -0.25) is 0 Å². The first-order valence-corrected chi connectivity index (χ1v) is 9.62. The zero-order valence-electron chi connectivity index (χ0n) is 15.4. The second-order valence-corrected chi connectivity index (χ2v) is 7.07. The second kappa shape index (κ2) is 7.73. The minimum Gasteiger partial charge on any atom is -0.462 e. The molecule has 0 bridgehead atoms. The summed E-state index contributed by atoms with van der Waals surface area (Å²) in [6, 6.07) is 14.7. The molecule has 0 unspecified atom stereocenters. The number of nitrogens with two attached hydrogens (primary N) is 1. The van der Waals surface area contributed by atoms with E-state index in [-0.39, 0.29) is 18.0 Å². The van der Waals surface area contributed by atoms with E-state index in [1.807, 2.05) is 30.3 Å². The lowest BCUT2D eigenvalue weighted by Crippen LogP contribution is -2.07. The molecular formula is C21H16Cl2N4O2. The Balaban J connectivity index is 2.07. The Morgan fingerprint density at radius 3 is 2.52 bits per heavy atom. The molecule has 6 nitrogen and oxygen atoms in total. The smallest absolute Gasteiger partial charge is 0.345 e. The molecule has 4 aromatic rings. The number of nitrogen functional groups attached to an aromatic ring is 1. The lowest BCUT2D eigenvalue weighted by atomic mass is 10.0. The normalized spacial score (nSPS) is 11.0. The molecule has 146 valence electrons. The van der Waals surface area contributed by atoms with Crippen molar-refractivity contribution in [2.45, 2.75) is 6.92 Å². The highest BCUT2D eigenvalue weighted by atomic mass is 35.5. The van der Waals surface area contributed by atoms with Gasteiger partial charge in [-0.15, -0.1) is 5.10 Å². The predicted molar refractivity (Wildman–Crippen MR) is 114 cm³/mol. The van der Waals surface area contributed by atoms with Gasteiger partial charge in [0.2, 0.25) is 0 Å². The summed E-state index contributed by atoms with van der Waals surface area (Å²) in [4.78, 5) is 16.9. The monoisotopic (exact) mass is 426 g/mol. The summed E-state index contributed by atoms with van der Waals surface area (Å²) >= 11 is 12.5. The molecule has 0 amide bonds. The van der Waals surface area contributed by atoms with Gasteiger partial charge in [0.15, 0.2) is 11.5 Å². The number of esters is 1. The first kappa shape index (κ1) is 19.2. The maximum absolute atomic E-state index is 12.4. The summed E-state index contributed by atoms with van der Waals surface area (Å²) in [7, 11) is 0. The number of benzene rings is 2. The molecule has 0 aliphatic rings. The van der Waals surface area contributed by atoms with Gasteiger partial charge in [-0.1, -0.05) is 53.5 Å². The summed E-state index contributed by atoms with van der Waals surface area (Å²) in [6.07, 6.45) is 1.66. The average molecular weight is 427 g/mol. The van der Waals surface area contributed by atoms with Crippen molar-refractivity contribution < 1.29 is 9.53 Å². The summed E-state index contributed by atoms with van der Waals surface area (Å²) in [5.74, 6) is -0.525. The van der Waals surface area contributed by atoms with Crippen molar-refractivity contribution in [1.29, 1.82) is 0 Å². The fourth-order valence-electron chi connectivity index (χ4n) is 3.16. The fraction of sp³-hybridized carbons (Fsp3) is 0.0952. The Hall–Kier alpha value is -3.09. The van der Waals surface area contributed by atoms with Crippen LogP contribution in [0, 0.1) is 0 Å². The van der Waals surface area contributed by atoms with Crippen LogP contribution < -0.4 is 5.73 Å². The van der Waals surface area contributed by atoms with Crippen LogP contribution in [-0.4, -0.2) is 27.2 Å². The molecule has 0 aliphatic heterocycles. The Kier molecular flexibility index (Phi) is 5.13. The Labute approximate surface area is 176 Å². The minimum atomic E-state index is -0.569. The maximum atomic E-state index is 12.4. The molecule has 2 aromatic heterocycles. The van der Waals surface area contributed by atoms with Crippen molar-refractivity contribution in [3.05, 3.63) is 70.3 Å². The first-order chi connectivity index (χ1) is 14.0. The molecule has 0 radical (unpaired) electrons. The number of carbonyl (C=O) groups excluding carboxylic acids is 1. The van der Waals surface area contributed by atoms with Gasteiger partial charge in [0.25, 0.3) is 0 Å². The maximum Gasteiger partial charge on any atom is 0.345 e. The van der Waals surface area contributed by atoms with Crippen molar-refractivity contribution in [3.63, 3.8) is 0 Å². The van der Waals surface area contributed by atoms with Gasteiger partial charge >= 0.3 is 5.97 Å². The molecule has 0 atom stereocenters. The van der Waals surface area contributed by atoms with Gasteiger partial charge in [-0.2, -0.15) is 0 Å². The number of ether oxygens (including phenoxy) is 1. The van der Waals surface area contributed by atoms with Crippen molar-refractivity contribution >= 4 is 40.6 Å². The molecule has 0 saturated carbocycles. The number of aromatic nitrogens is 3. The molecule has 2 aromatic carbocycles. The third-order valence-corrected chi connectivity index (χ3v) is 5.01. The molecule has 0 aliphatic carbocycles. The van der Waals surface area contributed by atoms with Crippen LogP contribution in [0.3, 0.4) is 0 Å². The molecule has 0 spiro atoms. The zero-order valence-corrected chi connectivity index (χ0v) is 16.9. The van der Waals surface area contributed by atoms with Gasteiger partial charge < -0.3 is 10.5 Å². The molecular weight excluding hydrogens is 411 g/mol. The summed E-state index contributed by atoms with van der Waals surface area (Å²) < 4.78 is 6.66. The van der Waals surface area contributed by atoms with Crippen molar-refractivity contribution in [2.75, 3.05) is 12.3 Å². The molecule has 2 heterocycles. The third-order valence-electron chi connectivity index (χ3n) is 4.43. The summed E-state index contributed by atoms with van der Waals surface area (Å²) in [6.45, 7) is 1.94. The lowest BCUT2D eigenvalue weighted by Gasteiger charge is -2.13. The van der Waals surface area contributed by atoms with E-state index in [1.165, 1.54) is 0 Å². The number of hydrogen-bond donors (Lipinski definition) is 1. The number of anilines is 1. The Bertz CT molecular complexity index is 1220. The number of nitrogens with zero attached hydrogens (tertiary/aromatic N) is 3. The van der Waals surface area contributed by atoms with Crippen LogP contribution in [0.4, 0.5) is 5.82 Å². The Morgan fingerprint density at radius 2 is 1.83 bits per heavy atom. The van der Waals surface area contributed by atoms with E-state index in [9.17, 15) is 4.79 Å². The SMILES string of the molecule is CCOC(=O)c1c(N)nn2c(-c3ccc(Cl)cc3)c(-c3ccccc3Cl)cnc12. The number of rotatable bonds is 4. The molecule has 8 heteroatoms. The highest BCUT2D eigenvalue weighted by molar-refractivity contribution is 6.33. The van der Waals surface area contributed by atoms with Crippen LogP contribution in [0.25, 0.3) is 28.0 Å². The number of halogens is 2. The van der Waals surface area contributed by atoms with E-state index in [0.29, 0.717) is 21.4 Å². The van der Waals surface area contributed by atoms with E-state index < -0.39 is 5.97 Å². The molecule has 29 heavy (non-hydrogen) atoms. The number of carbonyl (C=O) groups is 1. The topological polar surface area (TPSA) is 82.5 Å². The predicted octanol–water partition coefficient (Wildman–Crippen LogP) is 5.13. The van der Waals surface area contributed by atoms with Gasteiger partial charge in [0.1, 0.15) is 5.56 Å². The standard InChI is InChI=1S/C21H16Cl2N4O2/c1-2-29-21(28)17-19(24)26-27-18(12-7-9-13(22)10-8-12)15(11-25-20(17)27)14-5-3-4-6-16(14)23/h3-11H,2H2,1H3,(H2,24,26). The van der Waals surface area contributed by atoms with Gasteiger partial charge in [-0.25, -0.2) is 14.3 Å². The molecule has 0 saturated heterocycles. The van der Waals surface area contributed by atoms with Gasteiger partial charge in [-0.05, 0) is 25.1 Å². The molecule has 0 fully saturated rings. The molecule has 4 rings (SSSR count). The summed E-state index contributed by atoms with van der Waals surface area (Å²) in [5, 5.41) is 5.55. The van der Waals surface area contributed by atoms with E-state index in [1.54, 1.807) is 35.8 Å². The van der Waals surface area contributed by atoms with Crippen molar-refractivity contribution in [3.8, 4) is 22.4 Å². The lowest BCUT2D eigenvalue weighted by molar-refractivity contribution is 0.0529. The fourth-order valence-corrected chi connectivity index (χ4v) is 3.53. The zero-order chi connectivity index (χ0) is 20.5. The van der Waals surface area contributed by atoms with E-state index in [0.717, 1.165) is 16.7 Å². The first-order valence-electron chi connectivity index (χ1n) is 8.86. The van der Waals surface area contributed by atoms with E-state index in [2.05, 4.69) is 10.1 Å². The number of fused-ring (bicyclic) bond motifs is 1. The average Bonchev–Trinajstić information content (AvgIpc) is 3.04. The van der Waals surface area contributed by atoms with Crippen molar-refractivity contribution in [2.24, 2.45) is 0 Å². The third kappa shape index (κ3) is 3.41. The second-order valence-electron chi connectivity index (χ2n) is 6.22. The van der Waals surface area contributed by atoms with E-state index >= 15 is 0 Å². The van der Waals surface area contributed by atoms with Crippen LogP contribution in [-0.2, 0) is 4.74 Å². The highest BCUT2D eigenvalue weighted by Crippen LogP contribution is 2.37. The van der Waals surface area contributed by atoms with E-state index in [4.69, 9.17) is 33.7 Å². The summed E-state index contributed by atoms with van der Waals surface area (Å²) in [5.41, 5.74) is 9.51. The molecule has 2 N–H and O–H groups in total. The quantitative estimate of drug-likeness (QED) is 0.457. The highest BCUT2D eigenvalue weighted by Gasteiger charge is 2.24. The van der Waals surface area contributed by atoms with Crippen LogP contribution >= 0.6 is 23.2 Å². The van der Waals surface area contributed by atoms with Crippen LogP contribution in [0.1, 0.15) is 17.3 Å². The van der Waals surface area contributed by atoms with Gasteiger partial charge in [0, 0.05) is 32.9 Å².